The molecule has 13 rings (SSSR count). The molecule has 0 amide bonds. The molecular formula is C75H58N2. The molecule has 1 aliphatic rings. The number of anilines is 2. The Kier molecular flexibility index (Phi) is 12.7. The van der Waals surface area contributed by atoms with Gasteiger partial charge in [0.05, 0.1) is 11.0 Å². The largest absolute Gasteiger partial charge is 0.311 e. The molecule has 0 spiro atoms. The van der Waals surface area contributed by atoms with Gasteiger partial charge in [0.15, 0.2) is 0 Å². The first-order valence-corrected chi connectivity index (χ1v) is 27.2. The van der Waals surface area contributed by atoms with Gasteiger partial charge < -0.3 is 9.47 Å². The van der Waals surface area contributed by atoms with E-state index >= 15 is 0 Å². The Morgan fingerprint density at radius 3 is 1.62 bits per heavy atom. The van der Waals surface area contributed by atoms with Crippen LogP contribution >= 0.6 is 0 Å². The van der Waals surface area contributed by atoms with Crippen molar-refractivity contribution in [3.05, 3.63) is 296 Å². The maximum absolute atomic E-state index is 2.46. The zero-order valence-electron chi connectivity index (χ0n) is 43.6. The number of allylic oxidation sites excluding steroid dienone is 7. The van der Waals surface area contributed by atoms with Crippen LogP contribution in [0.15, 0.2) is 285 Å². The van der Waals surface area contributed by atoms with Crippen LogP contribution in [0.4, 0.5) is 11.4 Å². The Morgan fingerprint density at radius 2 is 1.00 bits per heavy atom. The predicted octanol–water partition coefficient (Wildman–Crippen LogP) is 21.0. The molecule has 0 radical (unpaired) electrons. The first kappa shape index (κ1) is 47.2. The van der Waals surface area contributed by atoms with E-state index in [4.69, 9.17) is 0 Å². The molecule has 0 saturated carbocycles. The van der Waals surface area contributed by atoms with E-state index in [1.54, 1.807) is 0 Å². The number of hydrogen-bond acceptors (Lipinski definition) is 1. The summed E-state index contributed by atoms with van der Waals surface area (Å²) >= 11 is 0. The van der Waals surface area contributed by atoms with Crippen LogP contribution in [0.3, 0.4) is 0 Å². The van der Waals surface area contributed by atoms with Gasteiger partial charge in [-0.1, -0.05) is 219 Å². The molecule has 77 heavy (non-hydrogen) atoms. The van der Waals surface area contributed by atoms with Crippen LogP contribution in [0, 0.1) is 0 Å². The second kappa shape index (κ2) is 20.7. The van der Waals surface area contributed by atoms with Crippen molar-refractivity contribution in [3.8, 4) is 50.2 Å². The maximum Gasteiger partial charge on any atom is 0.0541 e. The summed E-state index contributed by atoms with van der Waals surface area (Å²) in [5.41, 5.74) is 21.7. The monoisotopic (exact) mass is 986 g/mol. The number of benzene rings is 11. The van der Waals surface area contributed by atoms with Crippen LogP contribution in [0.25, 0.3) is 105 Å². The highest BCUT2D eigenvalue weighted by molar-refractivity contribution is 6.21. The first-order chi connectivity index (χ1) is 38.1. The Morgan fingerprint density at radius 1 is 0.442 bits per heavy atom. The van der Waals surface area contributed by atoms with E-state index in [2.05, 4.69) is 302 Å². The van der Waals surface area contributed by atoms with Gasteiger partial charge >= 0.3 is 0 Å². The molecule has 2 nitrogen and oxygen atoms in total. The molecule has 0 unspecified atom stereocenters. The number of hydrogen-bond donors (Lipinski definition) is 0. The Labute approximate surface area is 452 Å². The number of rotatable bonds is 12. The lowest BCUT2D eigenvalue weighted by Crippen LogP contribution is -2.16. The molecule has 1 aliphatic carbocycles. The van der Waals surface area contributed by atoms with Crippen LogP contribution in [0.5, 0.6) is 0 Å². The van der Waals surface area contributed by atoms with Crippen molar-refractivity contribution in [1.82, 2.24) is 4.57 Å². The zero-order valence-corrected chi connectivity index (χ0v) is 43.6. The van der Waals surface area contributed by atoms with Gasteiger partial charge in [0, 0.05) is 33.5 Å². The van der Waals surface area contributed by atoms with Crippen LogP contribution in [-0.4, -0.2) is 4.57 Å². The molecule has 368 valence electrons. The van der Waals surface area contributed by atoms with Crippen LogP contribution in [0.1, 0.15) is 44.2 Å². The molecule has 0 aliphatic heterocycles. The van der Waals surface area contributed by atoms with Crippen LogP contribution in [-0.2, 0) is 0 Å². The Hall–Kier alpha value is -9.50. The normalized spacial score (nSPS) is 12.9. The van der Waals surface area contributed by atoms with Gasteiger partial charge in [-0.2, -0.15) is 0 Å². The van der Waals surface area contributed by atoms with Crippen molar-refractivity contribution in [3.63, 3.8) is 0 Å². The average Bonchev–Trinajstić information content (AvgIpc) is 3.94. The third-order valence-corrected chi connectivity index (χ3v) is 15.5. The summed E-state index contributed by atoms with van der Waals surface area (Å²) in [6, 6.07) is 91.7. The van der Waals surface area contributed by atoms with Gasteiger partial charge in [0.2, 0.25) is 0 Å². The first-order valence-electron chi connectivity index (χ1n) is 27.2. The molecule has 1 heterocycles. The minimum absolute atomic E-state index is 0.917. The van der Waals surface area contributed by atoms with Gasteiger partial charge in [-0.25, -0.2) is 0 Å². The van der Waals surface area contributed by atoms with Gasteiger partial charge in [0.25, 0.3) is 0 Å². The summed E-state index contributed by atoms with van der Waals surface area (Å²) < 4.78 is 2.46. The maximum atomic E-state index is 2.46. The Bertz CT molecular complexity index is 4230. The van der Waals surface area contributed by atoms with Crippen LogP contribution < -0.4 is 4.90 Å². The number of fused-ring (bicyclic) bond motifs is 5. The van der Waals surface area contributed by atoms with E-state index in [9.17, 15) is 0 Å². The van der Waals surface area contributed by atoms with Gasteiger partial charge in [-0.05, 0) is 181 Å². The lowest BCUT2D eigenvalue weighted by molar-refractivity contribution is 0.997. The van der Waals surface area contributed by atoms with Crippen molar-refractivity contribution in [2.75, 3.05) is 4.90 Å². The Balaban J connectivity index is 0.963. The zero-order chi connectivity index (χ0) is 51.7. The molecule has 1 aromatic heterocycles. The van der Waals surface area contributed by atoms with E-state index in [0.29, 0.717) is 0 Å². The van der Waals surface area contributed by atoms with Crippen LogP contribution in [0.2, 0.25) is 0 Å². The standard InChI is InChI=1S/C75H58N2/c1-3-24-63(62(4-2)52-25-9-5-10-26-52)55-41-47-72-70(50-55)71-51-56(65-36-18-17-35-64(65)53-27-11-6-12-28-53)42-48-73(71)77(72)60-45-43-59(44-46-60)76(58-32-15-8-16-33-58)61-34-23-31-57(49-61)75-68-39-21-19-37-66(68)74(54-29-13-7-14-30-54)67-38-20-22-40-69(67)75/h3,5-7,9-15,17-51H,4,8,16H2,1-2H3/b24-3-,63-62-. The molecule has 11 aromatic carbocycles. The van der Waals surface area contributed by atoms with Crippen molar-refractivity contribution >= 4 is 65.9 Å². The van der Waals surface area contributed by atoms with E-state index in [0.717, 1.165) is 36.3 Å². The topological polar surface area (TPSA) is 8.17 Å². The van der Waals surface area contributed by atoms with Crippen molar-refractivity contribution in [1.29, 1.82) is 0 Å². The predicted molar refractivity (Wildman–Crippen MR) is 331 cm³/mol. The van der Waals surface area contributed by atoms with E-state index in [-0.39, 0.29) is 0 Å². The third kappa shape index (κ3) is 8.68. The average molecular weight is 987 g/mol. The smallest absolute Gasteiger partial charge is 0.0541 e. The molecule has 0 fully saturated rings. The van der Waals surface area contributed by atoms with Crippen molar-refractivity contribution < 1.29 is 0 Å². The summed E-state index contributed by atoms with van der Waals surface area (Å²) in [4.78, 5) is 2.44. The summed E-state index contributed by atoms with van der Waals surface area (Å²) in [6.45, 7) is 4.39. The minimum atomic E-state index is 0.917. The summed E-state index contributed by atoms with van der Waals surface area (Å²) in [5, 5.41) is 7.44. The number of nitrogens with zero attached hydrogens (tertiary/aromatic N) is 2. The molecule has 0 N–H and O–H groups in total. The quantitative estimate of drug-likeness (QED) is 0.0673. The molecule has 12 aromatic rings. The summed E-state index contributed by atoms with van der Waals surface area (Å²) in [5.74, 6) is 0. The fourth-order valence-electron chi connectivity index (χ4n) is 12.1. The lowest BCUT2D eigenvalue weighted by Gasteiger charge is -2.28. The molecule has 0 bridgehead atoms. The van der Waals surface area contributed by atoms with E-state index < -0.39 is 0 Å². The highest BCUT2D eigenvalue weighted by Gasteiger charge is 2.22. The van der Waals surface area contributed by atoms with E-state index in [1.165, 1.54) is 116 Å². The van der Waals surface area contributed by atoms with E-state index in [1.807, 2.05) is 0 Å². The minimum Gasteiger partial charge on any atom is -0.311 e. The van der Waals surface area contributed by atoms with Crippen molar-refractivity contribution in [2.24, 2.45) is 0 Å². The molecular weight excluding hydrogens is 929 g/mol. The second-order valence-electron chi connectivity index (χ2n) is 20.0. The highest BCUT2D eigenvalue weighted by Crippen LogP contribution is 2.46. The lowest BCUT2D eigenvalue weighted by atomic mass is 9.86. The third-order valence-electron chi connectivity index (χ3n) is 15.5. The summed E-state index contributed by atoms with van der Waals surface area (Å²) in [6.07, 6.45) is 14.4. The van der Waals surface area contributed by atoms with Gasteiger partial charge in [-0.3, -0.25) is 0 Å². The SMILES string of the molecule is C/C=C\C(=C(/CC)c1ccccc1)c1ccc2c(c1)c1cc(-c3ccccc3-c3ccccc3)ccc1n2-c1ccc(N(C2=CCCC=C2)c2cccc(-c3c4ccccc4c(-c4ccccc4)c4ccccc34)c2)cc1. The molecule has 0 atom stereocenters. The fraction of sp³-hybridized carbons (Fsp3) is 0.0667. The second-order valence-corrected chi connectivity index (χ2v) is 20.0. The number of aromatic nitrogens is 1. The van der Waals surface area contributed by atoms with Crippen molar-refractivity contribution in [2.45, 2.75) is 33.1 Å². The summed E-state index contributed by atoms with van der Waals surface area (Å²) in [7, 11) is 0. The molecule has 0 saturated heterocycles. The van der Waals surface area contributed by atoms with Gasteiger partial charge in [-0.15, -0.1) is 0 Å². The molecule has 2 heteroatoms. The fourth-order valence-corrected chi connectivity index (χ4v) is 12.1. The highest BCUT2D eigenvalue weighted by atomic mass is 15.1. The van der Waals surface area contributed by atoms with Gasteiger partial charge in [0.1, 0.15) is 0 Å².